The van der Waals surface area contributed by atoms with Crippen molar-refractivity contribution in [3.05, 3.63) is 41.9 Å². The van der Waals surface area contributed by atoms with Gasteiger partial charge in [-0.2, -0.15) is 0 Å². The third-order valence-electron chi connectivity index (χ3n) is 1.14. The predicted octanol–water partition coefficient (Wildman–Crippen LogP) is 2.19. The van der Waals surface area contributed by atoms with Crippen LogP contribution in [-0.2, 0) is 0 Å². The van der Waals surface area contributed by atoms with Gasteiger partial charge >= 0.3 is 78.3 Å². The molecule has 0 aromatic heterocycles. The van der Waals surface area contributed by atoms with Crippen LogP contribution in [0, 0.1) is 0 Å². The van der Waals surface area contributed by atoms with E-state index in [0.29, 0.717) is 15.0 Å². The van der Waals surface area contributed by atoms with Crippen LogP contribution in [0.2, 0.25) is 5.32 Å². The van der Waals surface area contributed by atoms with E-state index in [0.717, 1.165) is 10.4 Å². The Morgan fingerprint density at radius 3 is 2.55 bits per heavy atom. The molecular weight excluding hydrogens is 223 g/mol. The van der Waals surface area contributed by atoms with Crippen molar-refractivity contribution in [2.24, 2.45) is 0 Å². The second kappa shape index (κ2) is 4.61. The molecule has 0 N–H and O–H groups in total. The normalized spacial score (nSPS) is 9.55. The first-order chi connectivity index (χ1) is 5.29. The van der Waals surface area contributed by atoms with E-state index in [9.17, 15) is 0 Å². The van der Waals surface area contributed by atoms with Crippen LogP contribution >= 0.6 is 11.6 Å². The summed E-state index contributed by atoms with van der Waals surface area (Å²) < 4.78 is 1.38. The van der Waals surface area contributed by atoms with Gasteiger partial charge in [0, 0.05) is 0 Å². The first-order valence-corrected chi connectivity index (χ1v) is 5.75. The molecule has 0 saturated heterocycles. The second-order valence-corrected chi connectivity index (χ2v) is 4.85. The number of benzene rings is 1. The molecule has 58 valence electrons. The number of hydrogen-bond donors (Lipinski definition) is 0. The molecule has 0 amide bonds. The van der Waals surface area contributed by atoms with Crippen molar-refractivity contribution in [3.63, 3.8) is 0 Å². The molecule has 2 heteroatoms. The Hall–Kier alpha value is -0.231. The molecule has 0 aliphatic carbocycles. The van der Waals surface area contributed by atoms with Crippen molar-refractivity contribution in [1.29, 1.82) is 0 Å². The van der Waals surface area contributed by atoms with Crippen molar-refractivity contribution < 1.29 is 0 Å². The Kier molecular flexibility index (Phi) is 3.71. The minimum atomic E-state index is 0.458. The molecule has 0 aliphatic heterocycles. The van der Waals surface area contributed by atoms with Crippen LogP contribution < -0.4 is 4.46 Å². The van der Waals surface area contributed by atoms with Gasteiger partial charge in [0.05, 0.1) is 0 Å². The van der Waals surface area contributed by atoms with Crippen molar-refractivity contribution in [1.82, 2.24) is 0 Å². The summed E-state index contributed by atoms with van der Waals surface area (Å²) in [5.41, 5.74) is 0. The maximum atomic E-state index is 5.65. The van der Waals surface area contributed by atoms with E-state index in [1.54, 1.807) is 0 Å². The number of halogens is 1. The van der Waals surface area contributed by atoms with Gasteiger partial charge in [-0.1, -0.05) is 0 Å². The molecular formula is C9H9ClSe. The van der Waals surface area contributed by atoms with Gasteiger partial charge in [0.1, 0.15) is 0 Å². The Labute approximate surface area is 78.4 Å². The third-order valence-corrected chi connectivity index (χ3v) is 3.94. The summed E-state index contributed by atoms with van der Waals surface area (Å²) in [5.74, 6) is 0. The van der Waals surface area contributed by atoms with E-state index in [2.05, 4.69) is 18.7 Å². The molecule has 1 aromatic carbocycles. The first-order valence-electron chi connectivity index (χ1n) is 3.30. The van der Waals surface area contributed by atoms with Gasteiger partial charge in [0.2, 0.25) is 0 Å². The minimum absolute atomic E-state index is 0.458. The molecule has 11 heavy (non-hydrogen) atoms. The molecule has 0 fully saturated rings. The fourth-order valence-corrected chi connectivity index (χ4v) is 2.37. The zero-order valence-electron chi connectivity index (χ0n) is 6.09. The molecule has 0 atom stereocenters. The van der Waals surface area contributed by atoms with E-state index in [4.69, 9.17) is 11.6 Å². The number of hydrogen-bond acceptors (Lipinski definition) is 0. The predicted molar refractivity (Wildman–Crippen MR) is 51.6 cm³/mol. The Bertz CT molecular complexity index is 231. The summed E-state index contributed by atoms with van der Waals surface area (Å²) in [5, 5.41) is 1.69. The molecule has 0 saturated carbocycles. The van der Waals surface area contributed by atoms with Crippen LogP contribution in [0.5, 0.6) is 0 Å². The fraction of sp³-hybridized carbons (Fsp3) is 0.111. The van der Waals surface area contributed by atoms with E-state index >= 15 is 0 Å². The van der Waals surface area contributed by atoms with Gasteiger partial charge in [0.15, 0.2) is 0 Å². The summed E-state index contributed by atoms with van der Waals surface area (Å²) >= 11 is 6.11. The summed E-state index contributed by atoms with van der Waals surface area (Å²) in [7, 11) is 0. The summed E-state index contributed by atoms with van der Waals surface area (Å²) in [6.07, 6.45) is 0. The quantitative estimate of drug-likeness (QED) is 0.700. The average molecular weight is 232 g/mol. The summed E-state index contributed by atoms with van der Waals surface area (Å²) in [4.78, 5) is 0. The zero-order chi connectivity index (χ0) is 8.10. The van der Waals surface area contributed by atoms with Crippen molar-refractivity contribution in [3.8, 4) is 0 Å². The molecule has 1 aromatic rings. The summed E-state index contributed by atoms with van der Waals surface area (Å²) in [6, 6.07) is 10.4. The standard InChI is InChI=1S/C9H9ClSe/c1-8(10)7-11-9-5-3-2-4-6-9/h2-6H,1,7H2. The van der Waals surface area contributed by atoms with E-state index in [-0.39, 0.29) is 0 Å². The Morgan fingerprint density at radius 2 is 2.00 bits per heavy atom. The number of allylic oxidation sites excluding steroid dienone is 1. The van der Waals surface area contributed by atoms with Crippen molar-refractivity contribution in [2.75, 3.05) is 0 Å². The molecule has 0 bridgehead atoms. The van der Waals surface area contributed by atoms with Crippen LogP contribution in [-0.4, -0.2) is 15.0 Å². The molecule has 0 heterocycles. The zero-order valence-corrected chi connectivity index (χ0v) is 8.56. The van der Waals surface area contributed by atoms with Gasteiger partial charge in [-0.25, -0.2) is 0 Å². The van der Waals surface area contributed by atoms with Gasteiger partial charge in [-0.05, 0) is 0 Å². The molecule has 1 rings (SSSR count). The molecule has 0 unspecified atom stereocenters. The number of rotatable bonds is 3. The second-order valence-electron chi connectivity index (χ2n) is 2.12. The SMILES string of the molecule is C=C(Cl)C[Se]c1ccccc1. The van der Waals surface area contributed by atoms with Crippen LogP contribution in [0.25, 0.3) is 0 Å². The molecule has 0 spiro atoms. The van der Waals surface area contributed by atoms with Crippen LogP contribution in [0.4, 0.5) is 0 Å². The Morgan fingerprint density at radius 1 is 1.36 bits per heavy atom. The van der Waals surface area contributed by atoms with Gasteiger partial charge < -0.3 is 0 Å². The van der Waals surface area contributed by atoms with Crippen LogP contribution in [0.15, 0.2) is 41.9 Å². The molecule has 0 radical (unpaired) electrons. The van der Waals surface area contributed by atoms with Crippen molar-refractivity contribution in [2.45, 2.75) is 5.32 Å². The van der Waals surface area contributed by atoms with Gasteiger partial charge in [0.25, 0.3) is 0 Å². The Balaban J connectivity index is 2.45. The van der Waals surface area contributed by atoms with Gasteiger partial charge in [-0.3, -0.25) is 0 Å². The fourth-order valence-electron chi connectivity index (χ4n) is 0.678. The van der Waals surface area contributed by atoms with Gasteiger partial charge in [-0.15, -0.1) is 0 Å². The third kappa shape index (κ3) is 3.62. The molecule has 0 aliphatic rings. The van der Waals surface area contributed by atoms with E-state index < -0.39 is 0 Å². The molecule has 0 nitrogen and oxygen atoms in total. The van der Waals surface area contributed by atoms with E-state index in [1.807, 2.05) is 18.2 Å². The maximum absolute atomic E-state index is 5.65. The van der Waals surface area contributed by atoms with E-state index in [1.165, 1.54) is 4.46 Å². The van der Waals surface area contributed by atoms with Crippen LogP contribution in [0.3, 0.4) is 0 Å². The topological polar surface area (TPSA) is 0 Å². The summed E-state index contributed by atoms with van der Waals surface area (Å²) in [6.45, 7) is 3.65. The van der Waals surface area contributed by atoms with Crippen LogP contribution in [0.1, 0.15) is 0 Å². The van der Waals surface area contributed by atoms with Crippen molar-refractivity contribution >= 4 is 31.0 Å². The monoisotopic (exact) mass is 232 g/mol. The average Bonchev–Trinajstić information content (AvgIpc) is 2.03. The first kappa shape index (κ1) is 8.86.